The zero-order valence-corrected chi connectivity index (χ0v) is 14.8. The third-order valence-electron chi connectivity index (χ3n) is 6.41. The summed E-state index contributed by atoms with van der Waals surface area (Å²) < 4.78 is 0. The second-order valence-corrected chi connectivity index (χ2v) is 7.41. The Labute approximate surface area is 146 Å². The number of halogens is 2. The maximum absolute atomic E-state index is 12.9. The first-order chi connectivity index (χ1) is 9.74. The van der Waals surface area contributed by atoms with Crippen molar-refractivity contribution in [3.05, 3.63) is 0 Å². The fraction of sp³-hybridized carbons (Fsp3) is 0.938. The van der Waals surface area contributed by atoms with E-state index in [1.807, 2.05) is 0 Å². The van der Waals surface area contributed by atoms with Gasteiger partial charge in [-0.1, -0.05) is 6.42 Å². The van der Waals surface area contributed by atoms with E-state index < -0.39 is 0 Å². The second-order valence-electron chi connectivity index (χ2n) is 7.41. The van der Waals surface area contributed by atoms with Gasteiger partial charge in [-0.15, -0.1) is 24.8 Å². The molecule has 2 heterocycles. The van der Waals surface area contributed by atoms with Gasteiger partial charge in [-0.3, -0.25) is 9.69 Å². The number of amides is 1. The molecule has 4 fully saturated rings. The van der Waals surface area contributed by atoms with Gasteiger partial charge in [0.2, 0.25) is 5.91 Å². The molecular formula is C16H29Cl2N3O. The normalized spacial score (nSPS) is 40.6. The first kappa shape index (κ1) is 18.3. The van der Waals surface area contributed by atoms with Crippen LogP contribution in [0.15, 0.2) is 0 Å². The number of carbonyl (C=O) groups is 1. The summed E-state index contributed by atoms with van der Waals surface area (Å²) in [5.41, 5.74) is 6.35. The topological polar surface area (TPSA) is 49.6 Å². The highest BCUT2D eigenvalue weighted by molar-refractivity contribution is 5.85. The Hall–Kier alpha value is -0.0300. The van der Waals surface area contributed by atoms with Crippen LogP contribution in [0.2, 0.25) is 0 Å². The van der Waals surface area contributed by atoms with Gasteiger partial charge in [-0.25, -0.2) is 0 Å². The highest BCUT2D eigenvalue weighted by atomic mass is 35.5. The number of fused-ring (bicyclic) bond motifs is 3. The molecule has 0 aromatic carbocycles. The summed E-state index contributed by atoms with van der Waals surface area (Å²) in [5.74, 6) is 1.75. The molecule has 0 radical (unpaired) electrons. The lowest BCUT2D eigenvalue weighted by molar-refractivity contribution is -0.141. The minimum atomic E-state index is 0. The van der Waals surface area contributed by atoms with Crippen molar-refractivity contribution < 1.29 is 4.79 Å². The van der Waals surface area contributed by atoms with Gasteiger partial charge in [0, 0.05) is 31.7 Å². The van der Waals surface area contributed by atoms with Gasteiger partial charge in [0.25, 0.3) is 0 Å². The lowest BCUT2D eigenvalue weighted by atomic mass is 9.83. The summed E-state index contributed by atoms with van der Waals surface area (Å²) in [6.07, 6.45) is 7.64. The van der Waals surface area contributed by atoms with E-state index in [1.54, 1.807) is 0 Å². The van der Waals surface area contributed by atoms with Crippen molar-refractivity contribution in [3.8, 4) is 0 Å². The second kappa shape index (κ2) is 7.25. The molecule has 2 aliphatic heterocycles. The van der Waals surface area contributed by atoms with Crippen LogP contribution in [0.25, 0.3) is 0 Å². The largest absolute Gasteiger partial charge is 0.340 e. The Morgan fingerprint density at radius 2 is 1.73 bits per heavy atom. The molecule has 2 saturated carbocycles. The lowest BCUT2D eigenvalue weighted by Gasteiger charge is -2.45. The number of piperidine rings is 1. The van der Waals surface area contributed by atoms with Crippen molar-refractivity contribution in [2.45, 2.75) is 50.6 Å². The SMILES string of the molecule is Cl.Cl.NC1C2CCC(C2)C1C(=O)N1CCN2CCCCC2C1. The van der Waals surface area contributed by atoms with Crippen molar-refractivity contribution in [2.75, 3.05) is 26.2 Å². The van der Waals surface area contributed by atoms with E-state index in [4.69, 9.17) is 5.73 Å². The quantitative estimate of drug-likeness (QED) is 0.786. The molecule has 5 unspecified atom stereocenters. The van der Waals surface area contributed by atoms with Gasteiger partial charge in [-0.05, 0) is 50.5 Å². The molecule has 6 heteroatoms. The zero-order valence-electron chi connectivity index (χ0n) is 13.2. The van der Waals surface area contributed by atoms with Crippen molar-refractivity contribution in [1.29, 1.82) is 0 Å². The van der Waals surface area contributed by atoms with Gasteiger partial charge >= 0.3 is 0 Å². The molecule has 4 aliphatic rings. The van der Waals surface area contributed by atoms with Crippen molar-refractivity contribution in [1.82, 2.24) is 9.80 Å². The lowest BCUT2D eigenvalue weighted by Crippen LogP contribution is -2.58. The Morgan fingerprint density at radius 3 is 2.45 bits per heavy atom. The molecule has 2 bridgehead atoms. The van der Waals surface area contributed by atoms with E-state index in [0.29, 0.717) is 23.8 Å². The van der Waals surface area contributed by atoms with Crippen LogP contribution in [0.3, 0.4) is 0 Å². The van der Waals surface area contributed by atoms with E-state index in [1.165, 1.54) is 45.1 Å². The molecule has 0 spiro atoms. The summed E-state index contributed by atoms with van der Waals surface area (Å²) in [6.45, 7) is 4.20. The fourth-order valence-corrected chi connectivity index (χ4v) is 5.27. The summed E-state index contributed by atoms with van der Waals surface area (Å²) >= 11 is 0. The molecule has 2 N–H and O–H groups in total. The van der Waals surface area contributed by atoms with Gasteiger partial charge in [0.15, 0.2) is 0 Å². The predicted molar refractivity (Wildman–Crippen MR) is 92.6 cm³/mol. The molecule has 0 aromatic heterocycles. The Balaban J connectivity index is 0.000000882. The monoisotopic (exact) mass is 349 g/mol. The molecule has 0 aromatic rings. The molecule has 128 valence electrons. The van der Waals surface area contributed by atoms with E-state index in [0.717, 1.165) is 19.6 Å². The molecule has 22 heavy (non-hydrogen) atoms. The summed E-state index contributed by atoms with van der Waals surface area (Å²) in [7, 11) is 0. The van der Waals surface area contributed by atoms with E-state index in [9.17, 15) is 4.79 Å². The van der Waals surface area contributed by atoms with Crippen molar-refractivity contribution >= 4 is 30.7 Å². The average molecular weight is 350 g/mol. The van der Waals surface area contributed by atoms with Crippen LogP contribution in [0.1, 0.15) is 38.5 Å². The first-order valence-corrected chi connectivity index (χ1v) is 8.52. The Bertz CT molecular complexity index is 407. The Morgan fingerprint density at radius 1 is 0.955 bits per heavy atom. The molecule has 4 nitrogen and oxygen atoms in total. The van der Waals surface area contributed by atoms with Gasteiger partial charge < -0.3 is 10.6 Å². The maximum atomic E-state index is 12.9. The third kappa shape index (κ3) is 3.00. The number of nitrogens with zero attached hydrogens (tertiary/aromatic N) is 2. The van der Waals surface area contributed by atoms with E-state index in [-0.39, 0.29) is 36.8 Å². The van der Waals surface area contributed by atoms with Crippen LogP contribution in [-0.4, -0.2) is 54.0 Å². The van der Waals surface area contributed by atoms with Crippen LogP contribution in [0.4, 0.5) is 0 Å². The standard InChI is InChI=1S/C16H27N3O.2ClH/c17-15-12-5-4-11(9-12)14(15)16(20)19-8-7-18-6-2-1-3-13(18)10-19;;/h11-15H,1-10,17H2;2*1H. The third-order valence-corrected chi connectivity index (χ3v) is 6.41. The Kier molecular flexibility index (Phi) is 6.03. The summed E-state index contributed by atoms with van der Waals surface area (Å²) in [5, 5.41) is 0. The van der Waals surface area contributed by atoms with Crippen molar-refractivity contribution in [3.63, 3.8) is 0 Å². The molecular weight excluding hydrogens is 321 g/mol. The molecule has 1 amide bonds. The zero-order chi connectivity index (χ0) is 13.7. The number of rotatable bonds is 1. The smallest absolute Gasteiger partial charge is 0.227 e. The minimum absolute atomic E-state index is 0. The summed E-state index contributed by atoms with van der Waals surface area (Å²) in [6, 6.07) is 0.766. The number of hydrogen-bond donors (Lipinski definition) is 1. The predicted octanol–water partition coefficient (Wildman–Crippen LogP) is 1.90. The number of piperazine rings is 1. The molecule has 4 rings (SSSR count). The van der Waals surface area contributed by atoms with Gasteiger partial charge in [0.05, 0.1) is 5.92 Å². The van der Waals surface area contributed by atoms with E-state index >= 15 is 0 Å². The highest BCUT2D eigenvalue weighted by Crippen LogP contribution is 2.48. The van der Waals surface area contributed by atoms with Gasteiger partial charge in [0.1, 0.15) is 0 Å². The van der Waals surface area contributed by atoms with Crippen molar-refractivity contribution in [2.24, 2.45) is 23.5 Å². The fourth-order valence-electron chi connectivity index (χ4n) is 5.27. The van der Waals surface area contributed by atoms with Crippen LogP contribution in [0.5, 0.6) is 0 Å². The molecule has 5 atom stereocenters. The number of hydrogen-bond acceptors (Lipinski definition) is 3. The molecule has 2 saturated heterocycles. The first-order valence-electron chi connectivity index (χ1n) is 8.52. The van der Waals surface area contributed by atoms with Crippen LogP contribution >= 0.6 is 24.8 Å². The number of nitrogens with two attached hydrogens (primary N) is 1. The summed E-state index contributed by atoms with van der Waals surface area (Å²) in [4.78, 5) is 17.6. The van der Waals surface area contributed by atoms with Gasteiger partial charge in [-0.2, -0.15) is 0 Å². The maximum Gasteiger partial charge on any atom is 0.227 e. The van der Waals surface area contributed by atoms with Crippen LogP contribution < -0.4 is 5.73 Å². The highest BCUT2D eigenvalue weighted by Gasteiger charge is 2.50. The van der Waals surface area contributed by atoms with Crippen LogP contribution in [0, 0.1) is 17.8 Å². The minimum Gasteiger partial charge on any atom is -0.340 e. The average Bonchev–Trinajstić information content (AvgIpc) is 3.07. The molecule has 2 aliphatic carbocycles. The van der Waals surface area contributed by atoms with E-state index in [2.05, 4.69) is 9.80 Å². The number of carbonyl (C=O) groups excluding carboxylic acids is 1. The van der Waals surface area contributed by atoms with Crippen LogP contribution in [-0.2, 0) is 4.79 Å².